The second kappa shape index (κ2) is 10.4. The second-order valence-electron chi connectivity index (χ2n) is 9.61. The third-order valence-corrected chi connectivity index (χ3v) is 8.65. The van der Waals surface area contributed by atoms with Gasteiger partial charge in [-0.05, 0) is 31.2 Å². The van der Waals surface area contributed by atoms with Crippen LogP contribution < -0.4 is 11.5 Å². The molecule has 2 aliphatic heterocycles. The number of imide groups is 1. The van der Waals surface area contributed by atoms with Gasteiger partial charge in [-0.25, -0.2) is 18.0 Å². The zero-order chi connectivity index (χ0) is 25.1. The number of quaternary nitrogens is 1. The Bertz CT molecular complexity index is 1010. The molecule has 0 spiro atoms. The molecular formula is C23H37N6O4S+. The highest BCUT2D eigenvalue weighted by Gasteiger charge is 2.55. The molecule has 0 bridgehead atoms. The maximum atomic E-state index is 14.1. The van der Waals surface area contributed by atoms with Crippen LogP contribution in [-0.2, 0) is 21.2 Å². The van der Waals surface area contributed by atoms with Crippen LogP contribution in [0.3, 0.4) is 0 Å². The van der Waals surface area contributed by atoms with Crippen LogP contribution in [0.2, 0.25) is 0 Å². The number of likely N-dealkylation sites (tertiary alicyclic amines) is 2. The SMILES string of the molecule is C[C@@H]1CCC[N+]1(C(N)=O)C(=O)[C@@H](Cc1ccccc1)N(CC1CCN(C(=N)N)CC1)S(C)(=O)=O. The molecule has 2 aliphatic rings. The fraction of sp³-hybridized carbons (Fsp3) is 0.609. The summed E-state index contributed by atoms with van der Waals surface area (Å²) in [6.07, 6.45) is 3.95. The van der Waals surface area contributed by atoms with E-state index >= 15 is 0 Å². The molecule has 0 aromatic heterocycles. The molecule has 3 atom stereocenters. The minimum Gasteiger partial charge on any atom is -0.370 e. The Kier molecular flexibility index (Phi) is 7.99. The Labute approximate surface area is 202 Å². The van der Waals surface area contributed by atoms with Gasteiger partial charge in [0.1, 0.15) is 12.1 Å². The number of nitrogens with two attached hydrogens (primary N) is 2. The number of nitrogens with zero attached hydrogens (tertiary/aromatic N) is 3. The number of benzene rings is 1. The van der Waals surface area contributed by atoms with Gasteiger partial charge < -0.3 is 16.4 Å². The van der Waals surface area contributed by atoms with Crippen molar-refractivity contribution in [2.45, 2.75) is 51.1 Å². The van der Waals surface area contributed by atoms with Crippen molar-refractivity contribution in [3.8, 4) is 0 Å². The first-order valence-corrected chi connectivity index (χ1v) is 13.6. The summed E-state index contributed by atoms with van der Waals surface area (Å²) < 4.78 is 26.9. The standard InChI is InChI=1S/C23H36N6O4S/c1-17-7-6-14-29(17,23(26)31)21(30)20(15-18-8-4-3-5-9-18)28(34(2,32)33)16-19-10-12-27(13-11-19)22(24)25/h3-5,8-9,17,19-20H,6-7,10-16H2,1-2H3,(H4-,24,25,26,31)/p+1/t17-,20-,29?/m1/s1. The van der Waals surface area contributed by atoms with E-state index in [0.29, 0.717) is 38.8 Å². The lowest BCUT2D eigenvalue weighted by atomic mass is 9.95. The summed E-state index contributed by atoms with van der Waals surface area (Å²) >= 11 is 0. The molecule has 2 fully saturated rings. The molecule has 1 aromatic rings. The lowest BCUT2D eigenvalue weighted by Crippen LogP contribution is -2.67. The molecule has 34 heavy (non-hydrogen) atoms. The highest BCUT2D eigenvalue weighted by molar-refractivity contribution is 7.88. The third kappa shape index (κ3) is 5.42. The number of urea groups is 1. The Hall–Kier alpha value is -2.50. The lowest BCUT2D eigenvalue weighted by Gasteiger charge is -2.39. The van der Waals surface area contributed by atoms with E-state index in [0.717, 1.165) is 11.8 Å². The molecule has 1 unspecified atom stereocenters. The summed E-state index contributed by atoms with van der Waals surface area (Å²) in [7, 11) is -3.79. The maximum absolute atomic E-state index is 14.1. The number of hydrogen-bond acceptors (Lipinski definition) is 5. The second-order valence-corrected chi connectivity index (χ2v) is 11.5. The number of carbonyl (C=O) groups excluding carboxylic acids is 2. The number of sulfonamides is 1. The number of nitrogens with one attached hydrogen (secondary N) is 1. The number of rotatable bonds is 7. The van der Waals surface area contributed by atoms with Crippen LogP contribution in [0.4, 0.5) is 4.79 Å². The van der Waals surface area contributed by atoms with E-state index in [4.69, 9.17) is 16.9 Å². The Morgan fingerprint density at radius 2 is 1.79 bits per heavy atom. The Balaban J connectivity index is 1.97. The smallest absolute Gasteiger partial charge is 0.370 e. The van der Waals surface area contributed by atoms with Crippen molar-refractivity contribution < 1.29 is 22.5 Å². The number of piperidine rings is 1. The van der Waals surface area contributed by atoms with E-state index < -0.39 is 32.5 Å². The van der Waals surface area contributed by atoms with E-state index in [-0.39, 0.29) is 37.4 Å². The van der Waals surface area contributed by atoms with Gasteiger partial charge in [0.25, 0.3) is 0 Å². The van der Waals surface area contributed by atoms with Crippen LogP contribution in [0.15, 0.2) is 30.3 Å². The molecule has 0 radical (unpaired) electrons. The molecule has 188 valence electrons. The molecule has 11 heteroatoms. The highest BCUT2D eigenvalue weighted by Crippen LogP contribution is 2.31. The molecule has 0 saturated carbocycles. The minimum atomic E-state index is -3.79. The van der Waals surface area contributed by atoms with Crippen molar-refractivity contribution in [3.63, 3.8) is 0 Å². The Morgan fingerprint density at radius 3 is 2.26 bits per heavy atom. The minimum absolute atomic E-state index is 0.00599. The van der Waals surface area contributed by atoms with E-state index in [9.17, 15) is 18.0 Å². The molecule has 3 amide bonds. The molecular weight excluding hydrogens is 456 g/mol. The van der Waals surface area contributed by atoms with Gasteiger partial charge in [-0.3, -0.25) is 5.41 Å². The van der Waals surface area contributed by atoms with Crippen LogP contribution in [0.5, 0.6) is 0 Å². The summed E-state index contributed by atoms with van der Waals surface area (Å²) in [5, 5.41) is 7.63. The molecule has 2 saturated heterocycles. The predicted molar refractivity (Wildman–Crippen MR) is 130 cm³/mol. The van der Waals surface area contributed by atoms with Crippen LogP contribution in [0.1, 0.15) is 38.2 Å². The van der Waals surface area contributed by atoms with Gasteiger partial charge in [0.05, 0.1) is 12.8 Å². The molecule has 10 nitrogen and oxygen atoms in total. The van der Waals surface area contributed by atoms with Gasteiger partial charge in [-0.15, -0.1) is 0 Å². The van der Waals surface area contributed by atoms with Crippen LogP contribution in [0, 0.1) is 11.3 Å². The first kappa shape index (κ1) is 26.1. The van der Waals surface area contributed by atoms with Gasteiger partial charge in [0.2, 0.25) is 10.0 Å². The van der Waals surface area contributed by atoms with E-state index in [1.807, 2.05) is 37.3 Å². The third-order valence-electron chi connectivity index (χ3n) is 7.40. The lowest BCUT2D eigenvalue weighted by molar-refractivity contribution is -0.784. The largest absolute Gasteiger partial charge is 0.421 e. The van der Waals surface area contributed by atoms with Gasteiger partial charge in [0, 0.05) is 38.9 Å². The normalized spacial score (nSPS) is 24.8. The number of hydrogen-bond donors (Lipinski definition) is 3. The number of carbonyl (C=O) groups is 2. The van der Waals surface area contributed by atoms with Crippen molar-refractivity contribution in [2.24, 2.45) is 17.4 Å². The maximum Gasteiger partial charge on any atom is 0.421 e. The van der Waals surface area contributed by atoms with Crippen LogP contribution >= 0.6 is 0 Å². The van der Waals surface area contributed by atoms with Crippen molar-refractivity contribution >= 4 is 27.9 Å². The first-order valence-electron chi connectivity index (χ1n) is 11.8. The summed E-state index contributed by atoms with van der Waals surface area (Å²) in [6.45, 7) is 3.41. The molecule has 5 N–H and O–H groups in total. The quantitative estimate of drug-likeness (QED) is 0.294. The predicted octanol–water partition coefficient (Wildman–Crippen LogP) is 1.07. The highest BCUT2D eigenvalue weighted by atomic mass is 32.2. The zero-order valence-corrected chi connectivity index (χ0v) is 20.8. The first-order chi connectivity index (χ1) is 16.0. The zero-order valence-electron chi connectivity index (χ0n) is 20.0. The van der Waals surface area contributed by atoms with Crippen LogP contribution in [0.25, 0.3) is 0 Å². The summed E-state index contributed by atoms with van der Waals surface area (Å²) in [4.78, 5) is 28.5. The molecule has 2 heterocycles. The van der Waals surface area contributed by atoms with E-state index in [1.54, 1.807) is 4.90 Å². The average Bonchev–Trinajstić information content (AvgIpc) is 3.18. The number of amides is 3. The van der Waals surface area contributed by atoms with Crippen molar-refractivity contribution in [1.82, 2.24) is 9.21 Å². The van der Waals surface area contributed by atoms with E-state index in [2.05, 4.69) is 0 Å². The van der Waals surface area contributed by atoms with Gasteiger partial charge in [0.15, 0.2) is 5.96 Å². The van der Waals surface area contributed by atoms with E-state index in [1.165, 1.54) is 4.31 Å². The van der Waals surface area contributed by atoms with Gasteiger partial charge in [-0.2, -0.15) is 8.79 Å². The van der Waals surface area contributed by atoms with Crippen LogP contribution in [-0.4, -0.2) is 84.5 Å². The van der Waals surface area contributed by atoms with Crippen molar-refractivity contribution in [2.75, 3.05) is 32.4 Å². The summed E-state index contributed by atoms with van der Waals surface area (Å²) in [5.41, 5.74) is 12.2. The van der Waals surface area contributed by atoms with Gasteiger partial charge >= 0.3 is 11.9 Å². The molecule has 3 rings (SSSR count). The average molecular weight is 494 g/mol. The fourth-order valence-corrected chi connectivity index (χ4v) is 6.47. The monoisotopic (exact) mass is 493 g/mol. The molecule has 1 aromatic carbocycles. The molecule has 0 aliphatic carbocycles. The topological polar surface area (TPSA) is 151 Å². The number of primary amides is 1. The van der Waals surface area contributed by atoms with Gasteiger partial charge in [-0.1, -0.05) is 30.3 Å². The Morgan fingerprint density at radius 1 is 1.18 bits per heavy atom. The number of guanidine groups is 1. The fourth-order valence-electron chi connectivity index (χ4n) is 5.36. The van der Waals surface area contributed by atoms with Crippen molar-refractivity contribution in [1.29, 1.82) is 5.41 Å². The van der Waals surface area contributed by atoms with Crippen molar-refractivity contribution in [3.05, 3.63) is 35.9 Å². The summed E-state index contributed by atoms with van der Waals surface area (Å²) in [5.74, 6) is -0.436. The summed E-state index contributed by atoms with van der Waals surface area (Å²) in [6, 6.07) is 7.18.